The van der Waals surface area contributed by atoms with Crippen molar-refractivity contribution in [2.75, 3.05) is 0 Å². The number of hydrogen-bond donors (Lipinski definition) is 0. The second-order valence-electron chi connectivity index (χ2n) is 6.97. The van der Waals surface area contributed by atoms with Gasteiger partial charge in [-0.05, 0) is 32.1 Å². The minimum atomic E-state index is 0.336. The van der Waals surface area contributed by atoms with Crippen molar-refractivity contribution >= 4 is 0 Å². The zero-order valence-corrected chi connectivity index (χ0v) is 14.5. The number of hydrogen-bond acceptors (Lipinski definition) is 2. The first kappa shape index (κ1) is 17.5. The summed E-state index contributed by atoms with van der Waals surface area (Å²) in [7, 11) is 0. The van der Waals surface area contributed by atoms with E-state index in [0.29, 0.717) is 12.2 Å². The first-order chi connectivity index (χ1) is 10.8. The fourth-order valence-corrected chi connectivity index (χ4v) is 3.65. The highest BCUT2D eigenvalue weighted by molar-refractivity contribution is 4.78. The van der Waals surface area contributed by atoms with E-state index in [1.165, 1.54) is 64.2 Å². The van der Waals surface area contributed by atoms with E-state index in [2.05, 4.69) is 23.4 Å². The lowest BCUT2D eigenvalue weighted by Gasteiger charge is -2.31. The standard InChI is InChI=1S/C19H34N2O/c1-3-4-5-9-12-19(15-21-14-13-20-16-21)22-17(2)18-10-7-6-8-11-18/h13-14,16-19H,3-12,15H2,1-2H3. The molecule has 1 aliphatic rings. The summed E-state index contributed by atoms with van der Waals surface area (Å²) in [5.74, 6) is 0.773. The molecule has 3 heteroatoms. The van der Waals surface area contributed by atoms with Crippen LogP contribution in [0.15, 0.2) is 18.7 Å². The Hall–Kier alpha value is -0.830. The van der Waals surface area contributed by atoms with Crippen molar-refractivity contribution in [3.8, 4) is 0 Å². The maximum Gasteiger partial charge on any atom is 0.0946 e. The lowest BCUT2D eigenvalue weighted by Crippen LogP contribution is -2.30. The molecule has 2 rings (SSSR count). The molecule has 1 heterocycles. The molecular formula is C19H34N2O. The summed E-state index contributed by atoms with van der Waals surface area (Å²) in [6.45, 7) is 5.51. The fraction of sp³-hybridized carbons (Fsp3) is 0.842. The highest BCUT2D eigenvalue weighted by Crippen LogP contribution is 2.29. The zero-order valence-electron chi connectivity index (χ0n) is 14.5. The second kappa shape index (κ2) is 10.0. The molecule has 0 amide bonds. The normalized spacial score (nSPS) is 19.2. The van der Waals surface area contributed by atoms with Crippen molar-refractivity contribution < 1.29 is 4.74 Å². The van der Waals surface area contributed by atoms with Crippen LogP contribution in [0.5, 0.6) is 0 Å². The summed E-state index contributed by atoms with van der Waals surface area (Å²) in [6, 6.07) is 0. The quantitative estimate of drug-likeness (QED) is 0.555. The van der Waals surface area contributed by atoms with Gasteiger partial charge in [0.15, 0.2) is 0 Å². The Labute approximate surface area is 136 Å². The maximum absolute atomic E-state index is 6.49. The first-order valence-corrected chi connectivity index (χ1v) is 9.40. The summed E-state index contributed by atoms with van der Waals surface area (Å²) in [5, 5.41) is 0. The Bertz CT molecular complexity index is 371. The van der Waals surface area contributed by atoms with Gasteiger partial charge in [0.2, 0.25) is 0 Å². The van der Waals surface area contributed by atoms with E-state index in [0.717, 1.165) is 12.5 Å². The Morgan fingerprint density at radius 1 is 1.18 bits per heavy atom. The van der Waals surface area contributed by atoms with Gasteiger partial charge in [-0.15, -0.1) is 0 Å². The van der Waals surface area contributed by atoms with Gasteiger partial charge in [0.1, 0.15) is 0 Å². The van der Waals surface area contributed by atoms with Crippen LogP contribution in [-0.2, 0) is 11.3 Å². The van der Waals surface area contributed by atoms with E-state index in [4.69, 9.17) is 4.74 Å². The van der Waals surface area contributed by atoms with Crippen molar-refractivity contribution in [2.24, 2.45) is 5.92 Å². The summed E-state index contributed by atoms with van der Waals surface area (Å²) in [4.78, 5) is 4.16. The van der Waals surface area contributed by atoms with E-state index in [1.54, 1.807) is 0 Å². The van der Waals surface area contributed by atoms with E-state index in [1.807, 2.05) is 18.7 Å². The van der Waals surface area contributed by atoms with Gasteiger partial charge in [-0.2, -0.15) is 0 Å². The van der Waals surface area contributed by atoms with Gasteiger partial charge in [0, 0.05) is 18.9 Å². The minimum Gasteiger partial charge on any atom is -0.373 e. The predicted octanol–water partition coefficient (Wildman–Crippen LogP) is 5.21. The number of ether oxygens (including phenoxy) is 1. The maximum atomic E-state index is 6.49. The van der Waals surface area contributed by atoms with Gasteiger partial charge >= 0.3 is 0 Å². The molecule has 0 radical (unpaired) electrons. The lowest BCUT2D eigenvalue weighted by molar-refractivity contribution is -0.0515. The molecule has 0 bridgehead atoms. The molecule has 3 nitrogen and oxygen atoms in total. The molecule has 1 saturated carbocycles. The third-order valence-electron chi connectivity index (χ3n) is 5.07. The van der Waals surface area contributed by atoms with Crippen LogP contribution in [0.3, 0.4) is 0 Å². The van der Waals surface area contributed by atoms with Gasteiger partial charge in [0.25, 0.3) is 0 Å². The number of nitrogens with zero attached hydrogens (tertiary/aromatic N) is 2. The second-order valence-corrected chi connectivity index (χ2v) is 6.97. The van der Waals surface area contributed by atoms with E-state index in [9.17, 15) is 0 Å². The van der Waals surface area contributed by atoms with Crippen LogP contribution in [0.2, 0.25) is 0 Å². The highest BCUT2D eigenvalue weighted by atomic mass is 16.5. The molecule has 22 heavy (non-hydrogen) atoms. The summed E-state index contributed by atoms with van der Waals surface area (Å²) in [5.41, 5.74) is 0. The summed E-state index contributed by atoms with van der Waals surface area (Å²) >= 11 is 0. The van der Waals surface area contributed by atoms with Crippen LogP contribution >= 0.6 is 0 Å². The van der Waals surface area contributed by atoms with Crippen LogP contribution in [0.1, 0.15) is 78.1 Å². The van der Waals surface area contributed by atoms with Crippen molar-refractivity contribution in [3.63, 3.8) is 0 Å². The summed E-state index contributed by atoms with van der Waals surface area (Å²) in [6.07, 6.45) is 19.9. The molecule has 0 spiro atoms. The Morgan fingerprint density at radius 2 is 2.00 bits per heavy atom. The lowest BCUT2D eigenvalue weighted by atomic mass is 9.86. The average molecular weight is 306 g/mol. The molecule has 1 aliphatic carbocycles. The topological polar surface area (TPSA) is 27.1 Å². The molecule has 0 aromatic carbocycles. The summed E-state index contributed by atoms with van der Waals surface area (Å²) < 4.78 is 8.66. The Kier molecular flexibility index (Phi) is 8.00. The number of aromatic nitrogens is 2. The molecular weight excluding hydrogens is 272 g/mol. The Morgan fingerprint density at radius 3 is 2.68 bits per heavy atom. The van der Waals surface area contributed by atoms with E-state index < -0.39 is 0 Å². The average Bonchev–Trinajstić information content (AvgIpc) is 3.05. The first-order valence-electron chi connectivity index (χ1n) is 9.40. The van der Waals surface area contributed by atoms with Crippen LogP contribution in [0.25, 0.3) is 0 Å². The van der Waals surface area contributed by atoms with Crippen molar-refractivity contribution in [2.45, 2.75) is 96.8 Å². The van der Waals surface area contributed by atoms with E-state index >= 15 is 0 Å². The third-order valence-corrected chi connectivity index (χ3v) is 5.07. The van der Waals surface area contributed by atoms with Crippen LogP contribution in [0.4, 0.5) is 0 Å². The number of unbranched alkanes of at least 4 members (excludes halogenated alkanes) is 3. The highest BCUT2D eigenvalue weighted by Gasteiger charge is 2.23. The molecule has 0 aliphatic heterocycles. The van der Waals surface area contributed by atoms with Crippen molar-refractivity contribution in [3.05, 3.63) is 18.7 Å². The van der Waals surface area contributed by atoms with Crippen LogP contribution in [-0.4, -0.2) is 21.8 Å². The Balaban J connectivity index is 1.82. The largest absolute Gasteiger partial charge is 0.373 e. The molecule has 0 saturated heterocycles. The molecule has 1 aromatic rings. The number of imidazole rings is 1. The van der Waals surface area contributed by atoms with Crippen LogP contribution in [0, 0.1) is 5.92 Å². The smallest absolute Gasteiger partial charge is 0.0946 e. The SMILES string of the molecule is CCCCCCC(Cn1ccnc1)OC(C)C1CCCCC1. The molecule has 0 N–H and O–H groups in total. The van der Waals surface area contributed by atoms with Crippen molar-refractivity contribution in [1.29, 1.82) is 0 Å². The van der Waals surface area contributed by atoms with Gasteiger partial charge in [-0.25, -0.2) is 4.98 Å². The molecule has 1 aromatic heterocycles. The molecule has 1 fully saturated rings. The predicted molar refractivity (Wildman–Crippen MR) is 91.9 cm³/mol. The van der Waals surface area contributed by atoms with Gasteiger partial charge in [0.05, 0.1) is 18.5 Å². The molecule has 126 valence electrons. The monoisotopic (exact) mass is 306 g/mol. The van der Waals surface area contributed by atoms with Gasteiger partial charge < -0.3 is 9.30 Å². The van der Waals surface area contributed by atoms with Crippen LogP contribution < -0.4 is 0 Å². The molecule has 2 atom stereocenters. The molecule has 2 unspecified atom stereocenters. The van der Waals surface area contributed by atoms with Gasteiger partial charge in [-0.1, -0.05) is 51.9 Å². The van der Waals surface area contributed by atoms with Gasteiger partial charge in [-0.3, -0.25) is 0 Å². The minimum absolute atomic E-state index is 0.336. The van der Waals surface area contributed by atoms with Crippen molar-refractivity contribution in [1.82, 2.24) is 9.55 Å². The fourth-order valence-electron chi connectivity index (χ4n) is 3.65. The third kappa shape index (κ3) is 6.12. The number of rotatable bonds is 10. The van der Waals surface area contributed by atoms with E-state index in [-0.39, 0.29) is 0 Å². The zero-order chi connectivity index (χ0) is 15.6.